The Morgan fingerprint density at radius 1 is 1.19 bits per heavy atom. The predicted octanol–water partition coefficient (Wildman–Crippen LogP) is 3.84. The standard InChI is InChI=1S/C19H25ClN2O4/c1-12(2)10-16(23)21-13-6-7-15(20)14(11-13)17(24)22-19(18(25)26)8-4-3-5-9-19/h6-7,11-12H,3-5,8-10H2,1-2H3,(H,21,23)(H,22,24)(H,25,26). The Balaban J connectivity index is 2.18. The first-order chi connectivity index (χ1) is 12.2. The number of carboxylic acids is 1. The highest BCUT2D eigenvalue weighted by molar-refractivity contribution is 6.34. The van der Waals surface area contributed by atoms with Crippen LogP contribution in [0.15, 0.2) is 18.2 Å². The molecule has 2 amide bonds. The van der Waals surface area contributed by atoms with Crippen LogP contribution in [0.5, 0.6) is 0 Å². The molecule has 0 aromatic heterocycles. The van der Waals surface area contributed by atoms with Crippen molar-refractivity contribution in [2.24, 2.45) is 5.92 Å². The summed E-state index contributed by atoms with van der Waals surface area (Å²) in [5.74, 6) is -1.50. The number of carboxylic acid groups (broad SMARTS) is 1. The molecule has 26 heavy (non-hydrogen) atoms. The van der Waals surface area contributed by atoms with Gasteiger partial charge in [0.15, 0.2) is 0 Å². The summed E-state index contributed by atoms with van der Waals surface area (Å²) in [6.07, 6.45) is 3.64. The van der Waals surface area contributed by atoms with Crippen molar-refractivity contribution in [3.63, 3.8) is 0 Å². The van der Waals surface area contributed by atoms with E-state index in [-0.39, 0.29) is 22.4 Å². The lowest BCUT2D eigenvalue weighted by atomic mass is 9.81. The van der Waals surface area contributed by atoms with Crippen molar-refractivity contribution in [3.8, 4) is 0 Å². The molecule has 2 rings (SSSR count). The van der Waals surface area contributed by atoms with Gasteiger partial charge in [-0.05, 0) is 37.0 Å². The Morgan fingerprint density at radius 3 is 2.42 bits per heavy atom. The molecular formula is C19H25ClN2O4. The van der Waals surface area contributed by atoms with Gasteiger partial charge in [0.2, 0.25) is 5.91 Å². The third-order valence-corrected chi connectivity index (χ3v) is 4.89. The van der Waals surface area contributed by atoms with Crippen LogP contribution in [0.3, 0.4) is 0 Å². The molecule has 0 unspecified atom stereocenters. The van der Waals surface area contributed by atoms with E-state index in [2.05, 4.69) is 10.6 Å². The predicted molar refractivity (Wildman–Crippen MR) is 100 cm³/mol. The van der Waals surface area contributed by atoms with Crippen molar-refractivity contribution in [1.82, 2.24) is 5.32 Å². The molecule has 1 aliphatic carbocycles. The van der Waals surface area contributed by atoms with Crippen molar-refractivity contribution in [2.75, 3.05) is 5.32 Å². The van der Waals surface area contributed by atoms with Crippen LogP contribution in [-0.2, 0) is 9.59 Å². The average molecular weight is 381 g/mol. The molecule has 1 aromatic rings. The highest BCUT2D eigenvalue weighted by Gasteiger charge is 2.41. The number of aliphatic carboxylic acids is 1. The van der Waals surface area contributed by atoms with E-state index in [1.807, 2.05) is 13.8 Å². The molecule has 1 aliphatic rings. The van der Waals surface area contributed by atoms with Crippen molar-refractivity contribution in [1.29, 1.82) is 0 Å². The molecule has 7 heteroatoms. The van der Waals surface area contributed by atoms with Crippen LogP contribution >= 0.6 is 11.6 Å². The molecule has 0 saturated heterocycles. The van der Waals surface area contributed by atoms with E-state index in [9.17, 15) is 19.5 Å². The molecular weight excluding hydrogens is 356 g/mol. The third-order valence-electron chi connectivity index (χ3n) is 4.56. The minimum Gasteiger partial charge on any atom is -0.480 e. The van der Waals surface area contributed by atoms with Crippen LogP contribution in [-0.4, -0.2) is 28.4 Å². The second-order valence-corrected chi connectivity index (χ2v) is 7.65. The first-order valence-electron chi connectivity index (χ1n) is 8.89. The van der Waals surface area contributed by atoms with Gasteiger partial charge < -0.3 is 15.7 Å². The van der Waals surface area contributed by atoms with Crippen molar-refractivity contribution in [3.05, 3.63) is 28.8 Å². The Morgan fingerprint density at radius 2 is 1.85 bits per heavy atom. The molecule has 1 fully saturated rings. The van der Waals surface area contributed by atoms with Gasteiger partial charge in [-0.3, -0.25) is 9.59 Å². The van der Waals surface area contributed by atoms with Gasteiger partial charge in [0.05, 0.1) is 10.6 Å². The van der Waals surface area contributed by atoms with E-state index in [4.69, 9.17) is 11.6 Å². The van der Waals surface area contributed by atoms with Crippen molar-refractivity contribution >= 4 is 35.1 Å². The van der Waals surface area contributed by atoms with Crippen LogP contribution < -0.4 is 10.6 Å². The molecule has 0 heterocycles. The van der Waals surface area contributed by atoms with E-state index in [0.29, 0.717) is 24.9 Å². The zero-order valence-electron chi connectivity index (χ0n) is 15.1. The zero-order chi connectivity index (χ0) is 19.3. The SMILES string of the molecule is CC(C)CC(=O)Nc1ccc(Cl)c(C(=O)NC2(C(=O)O)CCCCC2)c1. The van der Waals surface area contributed by atoms with Gasteiger partial charge >= 0.3 is 5.97 Å². The van der Waals surface area contributed by atoms with Gasteiger partial charge in [-0.25, -0.2) is 4.79 Å². The molecule has 1 aromatic carbocycles. The van der Waals surface area contributed by atoms with Gasteiger partial charge in [-0.2, -0.15) is 0 Å². The number of amides is 2. The Kier molecular flexibility index (Phi) is 6.64. The van der Waals surface area contributed by atoms with Crippen LogP contribution in [0.4, 0.5) is 5.69 Å². The molecule has 1 saturated carbocycles. The zero-order valence-corrected chi connectivity index (χ0v) is 15.9. The highest BCUT2D eigenvalue weighted by Crippen LogP contribution is 2.30. The lowest BCUT2D eigenvalue weighted by Crippen LogP contribution is -2.55. The van der Waals surface area contributed by atoms with Gasteiger partial charge in [-0.1, -0.05) is 44.7 Å². The Labute approximate surface area is 158 Å². The largest absolute Gasteiger partial charge is 0.480 e. The van der Waals surface area contributed by atoms with Crippen LogP contribution in [0, 0.1) is 5.92 Å². The highest BCUT2D eigenvalue weighted by atomic mass is 35.5. The fourth-order valence-corrected chi connectivity index (χ4v) is 3.40. The monoisotopic (exact) mass is 380 g/mol. The summed E-state index contributed by atoms with van der Waals surface area (Å²) in [5, 5.41) is 15.2. The fourth-order valence-electron chi connectivity index (χ4n) is 3.19. The van der Waals surface area contributed by atoms with Gasteiger partial charge in [0.25, 0.3) is 5.91 Å². The number of carbonyl (C=O) groups excluding carboxylic acids is 2. The third kappa shape index (κ3) is 4.97. The maximum absolute atomic E-state index is 12.7. The normalized spacial score (nSPS) is 16.2. The minimum atomic E-state index is -1.25. The van der Waals surface area contributed by atoms with Gasteiger partial charge in [0, 0.05) is 12.1 Å². The molecule has 142 valence electrons. The number of rotatable bonds is 6. The molecule has 0 atom stereocenters. The van der Waals surface area contributed by atoms with Crippen molar-refractivity contribution < 1.29 is 19.5 Å². The number of nitrogens with one attached hydrogen (secondary N) is 2. The smallest absolute Gasteiger partial charge is 0.329 e. The maximum Gasteiger partial charge on any atom is 0.329 e. The summed E-state index contributed by atoms with van der Waals surface area (Å²) in [6, 6.07) is 4.62. The van der Waals surface area contributed by atoms with Crippen molar-refractivity contribution in [2.45, 2.75) is 57.9 Å². The summed E-state index contributed by atoms with van der Waals surface area (Å²) in [7, 11) is 0. The average Bonchev–Trinajstić information content (AvgIpc) is 2.56. The summed E-state index contributed by atoms with van der Waals surface area (Å²) < 4.78 is 0. The maximum atomic E-state index is 12.7. The molecule has 3 N–H and O–H groups in total. The minimum absolute atomic E-state index is 0.150. The van der Waals surface area contributed by atoms with E-state index in [0.717, 1.165) is 19.3 Å². The number of hydrogen-bond donors (Lipinski definition) is 3. The Bertz CT molecular complexity index is 697. The summed E-state index contributed by atoms with van der Waals surface area (Å²) in [5.41, 5.74) is -0.645. The lowest BCUT2D eigenvalue weighted by Gasteiger charge is -2.34. The number of hydrogen-bond acceptors (Lipinski definition) is 3. The number of carbonyl (C=O) groups is 3. The second kappa shape index (κ2) is 8.54. The van der Waals surface area contributed by atoms with Gasteiger partial charge in [-0.15, -0.1) is 0 Å². The molecule has 0 radical (unpaired) electrons. The van der Waals surface area contributed by atoms with E-state index in [1.54, 1.807) is 6.07 Å². The molecule has 6 nitrogen and oxygen atoms in total. The molecule has 0 aliphatic heterocycles. The summed E-state index contributed by atoms with van der Waals surface area (Å²) in [6.45, 7) is 3.88. The van der Waals surface area contributed by atoms with Crippen LogP contribution in [0.2, 0.25) is 5.02 Å². The number of anilines is 1. The summed E-state index contributed by atoms with van der Waals surface area (Å²) >= 11 is 6.13. The van der Waals surface area contributed by atoms with E-state index < -0.39 is 17.4 Å². The Hall–Kier alpha value is -2.08. The van der Waals surface area contributed by atoms with Crippen LogP contribution in [0.25, 0.3) is 0 Å². The van der Waals surface area contributed by atoms with Gasteiger partial charge in [0.1, 0.15) is 5.54 Å². The van der Waals surface area contributed by atoms with E-state index in [1.165, 1.54) is 12.1 Å². The second-order valence-electron chi connectivity index (χ2n) is 7.24. The molecule has 0 bridgehead atoms. The lowest BCUT2D eigenvalue weighted by molar-refractivity contribution is -0.145. The summed E-state index contributed by atoms with van der Waals surface area (Å²) in [4.78, 5) is 36.3. The topological polar surface area (TPSA) is 95.5 Å². The first kappa shape index (κ1) is 20.2. The number of benzene rings is 1. The fraction of sp³-hybridized carbons (Fsp3) is 0.526. The quantitative estimate of drug-likeness (QED) is 0.698. The van der Waals surface area contributed by atoms with Crippen LogP contribution in [0.1, 0.15) is 62.7 Å². The first-order valence-corrected chi connectivity index (χ1v) is 9.26. The number of halogens is 1. The van der Waals surface area contributed by atoms with E-state index >= 15 is 0 Å². The molecule has 0 spiro atoms.